The van der Waals surface area contributed by atoms with Crippen molar-refractivity contribution in [1.82, 2.24) is 9.88 Å². The van der Waals surface area contributed by atoms with Gasteiger partial charge < -0.3 is 14.6 Å². The summed E-state index contributed by atoms with van der Waals surface area (Å²) in [5, 5.41) is 4.26. The van der Waals surface area contributed by atoms with Crippen molar-refractivity contribution in [2.45, 2.75) is 31.4 Å². The van der Waals surface area contributed by atoms with Gasteiger partial charge in [-0.25, -0.2) is 0 Å². The minimum Gasteiger partial charge on any atom is -0.376 e. The normalized spacial score (nSPS) is 24.8. The lowest BCUT2D eigenvalue weighted by Gasteiger charge is -2.19. The Labute approximate surface area is 137 Å². The van der Waals surface area contributed by atoms with E-state index in [0.717, 1.165) is 28.4 Å². The summed E-state index contributed by atoms with van der Waals surface area (Å²) in [7, 11) is 1.94. The Balaban J connectivity index is 1.62. The number of hydrogen-bond donors (Lipinski definition) is 1. The van der Waals surface area contributed by atoms with Gasteiger partial charge in [-0.15, -0.1) is 0 Å². The summed E-state index contributed by atoms with van der Waals surface area (Å²) in [5.41, 5.74) is 1.74. The molecule has 5 heteroatoms. The van der Waals surface area contributed by atoms with Crippen molar-refractivity contribution in [2.75, 3.05) is 6.61 Å². The summed E-state index contributed by atoms with van der Waals surface area (Å²) < 4.78 is 8.63. The molecule has 2 aromatic rings. The third kappa shape index (κ3) is 2.27. The average molecular weight is 363 g/mol. The van der Waals surface area contributed by atoms with Gasteiger partial charge in [0.25, 0.3) is 5.91 Å². The molecule has 0 bridgehead atoms. The fourth-order valence-corrected chi connectivity index (χ4v) is 4.27. The maximum atomic E-state index is 12.8. The fourth-order valence-electron chi connectivity index (χ4n) is 3.49. The van der Waals surface area contributed by atoms with Crippen LogP contribution >= 0.6 is 15.9 Å². The highest BCUT2D eigenvalue weighted by molar-refractivity contribution is 9.10. The number of rotatable bonds is 3. The SMILES string of the molecule is Cn1c(C(=O)NC2CCOC2C2CC2)c(Br)c2ccccc21. The summed E-state index contributed by atoms with van der Waals surface area (Å²) in [6.07, 6.45) is 3.58. The van der Waals surface area contributed by atoms with Crippen LogP contribution in [0.4, 0.5) is 0 Å². The molecule has 2 aliphatic rings. The highest BCUT2D eigenvalue weighted by Crippen LogP contribution is 2.39. The molecule has 4 nitrogen and oxygen atoms in total. The van der Waals surface area contributed by atoms with Crippen molar-refractivity contribution >= 4 is 32.7 Å². The van der Waals surface area contributed by atoms with Gasteiger partial charge in [0.2, 0.25) is 0 Å². The van der Waals surface area contributed by atoms with Gasteiger partial charge in [0.15, 0.2) is 0 Å². The first kappa shape index (κ1) is 14.3. The Morgan fingerprint density at radius 2 is 2.09 bits per heavy atom. The molecule has 4 rings (SSSR count). The zero-order chi connectivity index (χ0) is 15.3. The predicted octanol–water partition coefficient (Wildman–Crippen LogP) is 3.24. The molecular weight excluding hydrogens is 344 g/mol. The maximum absolute atomic E-state index is 12.8. The highest BCUT2D eigenvalue weighted by Gasteiger charge is 2.41. The van der Waals surface area contributed by atoms with Crippen LogP contribution in [0.5, 0.6) is 0 Å². The summed E-state index contributed by atoms with van der Waals surface area (Å²) in [6, 6.07) is 8.18. The number of aromatic nitrogens is 1. The molecule has 1 saturated heterocycles. The Morgan fingerprint density at radius 1 is 1.32 bits per heavy atom. The van der Waals surface area contributed by atoms with Crippen LogP contribution in [-0.2, 0) is 11.8 Å². The zero-order valence-electron chi connectivity index (χ0n) is 12.5. The second-order valence-electron chi connectivity index (χ2n) is 6.28. The van der Waals surface area contributed by atoms with E-state index in [1.807, 2.05) is 35.9 Å². The van der Waals surface area contributed by atoms with Gasteiger partial charge in [-0.1, -0.05) is 18.2 Å². The van der Waals surface area contributed by atoms with E-state index in [9.17, 15) is 4.79 Å². The largest absolute Gasteiger partial charge is 0.376 e. The van der Waals surface area contributed by atoms with Crippen LogP contribution in [-0.4, -0.2) is 29.2 Å². The van der Waals surface area contributed by atoms with Gasteiger partial charge in [-0.2, -0.15) is 0 Å². The average Bonchev–Trinajstić information content (AvgIpc) is 3.21. The number of amides is 1. The predicted molar refractivity (Wildman–Crippen MR) is 89.0 cm³/mol. The van der Waals surface area contributed by atoms with Crippen LogP contribution in [0, 0.1) is 5.92 Å². The van der Waals surface area contributed by atoms with Crippen LogP contribution in [0.1, 0.15) is 29.8 Å². The monoisotopic (exact) mass is 362 g/mol. The number of nitrogens with one attached hydrogen (secondary N) is 1. The molecule has 2 unspecified atom stereocenters. The number of nitrogens with zero attached hydrogens (tertiary/aromatic N) is 1. The highest BCUT2D eigenvalue weighted by atomic mass is 79.9. The van der Waals surface area contributed by atoms with E-state index >= 15 is 0 Å². The van der Waals surface area contributed by atoms with E-state index in [1.165, 1.54) is 12.8 Å². The standard InChI is InChI=1S/C17H19BrN2O2/c1-20-13-5-3-2-4-11(13)14(18)15(20)17(21)19-12-8-9-22-16(12)10-6-7-10/h2-5,10,12,16H,6-9H2,1H3,(H,19,21). The number of benzene rings is 1. The number of para-hydroxylation sites is 1. The molecule has 0 radical (unpaired) electrons. The number of carbonyl (C=O) groups excluding carboxylic acids is 1. The molecule has 1 saturated carbocycles. The van der Waals surface area contributed by atoms with Gasteiger partial charge in [-0.05, 0) is 47.2 Å². The van der Waals surface area contributed by atoms with E-state index in [4.69, 9.17) is 4.74 Å². The van der Waals surface area contributed by atoms with Crippen LogP contribution in [0.3, 0.4) is 0 Å². The van der Waals surface area contributed by atoms with E-state index in [2.05, 4.69) is 21.2 Å². The molecular formula is C17H19BrN2O2. The third-order valence-corrected chi connectivity index (χ3v) is 5.60. The lowest BCUT2D eigenvalue weighted by atomic mass is 10.1. The second-order valence-corrected chi connectivity index (χ2v) is 7.07. The molecule has 1 aliphatic heterocycles. The van der Waals surface area contributed by atoms with Gasteiger partial charge in [-0.3, -0.25) is 4.79 Å². The molecule has 1 amide bonds. The number of aryl methyl sites for hydroxylation is 1. The molecule has 22 heavy (non-hydrogen) atoms. The van der Waals surface area contributed by atoms with Crippen molar-refractivity contribution in [3.05, 3.63) is 34.4 Å². The molecule has 1 N–H and O–H groups in total. The Bertz CT molecular complexity index is 697. The number of fused-ring (bicyclic) bond motifs is 1. The van der Waals surface area contributed by atoms with Crippen LogP contribution in [0.2, 0.25) is 0 Å². The van der Waals surface area contributed by atoms with Gasteiger partial charge in [0.05, 0.1) is 16.6 Å². The number of halogens is 1. The first-order chi connectivity index (χ1) is 10.7. The Hall–Kier alpha value is -1.33. The molecule has 116 valence electrons. The summed E-state index contributed by atoms with van der Waals surface area (Å²) in [4.78, 5) is 12.8. The summed E-state index contributed by atoms with van der Waals surface area (Å²) in [6.45, 7) is 0.752. The van der Waals surface area contributed by atoms with Crippen LogP contribution in [0.25, 0.3) is 10.9 Å². The zero-order valence-corrected chi connectivity index (χ0v) is 14.1. The van der Waals surface area contributed by atoms with Crippen molar-refractivity contribution < 1.29 is 9.53 Å². The molecule has 2 atom stereocenters. The van der Waals surface area contributed by atoms with Crippen LogP contribution in [0.15, 0.2) is 28.7 Å². The molecule has 1 aliphatic carbocycles. The first-order valence-electron chi connectivity index (χ1n) is 7.82. The van der Waals surface area contributed by atoms with Crippen molar-refractivity contribution in [1.29, 1.82) is 0 Å². The number of carbonyl (C=O) groups is 1. The first-order valence-corrected chi connectivity index (χ1v) is 8.61. The van der Waals surface area contributed by atoms with Crippen molar-refractivity contribution in [3.8, 4) is 0 Å². The second kappa shape index (κ2) is 5.39. The molecule has 1 aromatic carbocycles. The number of ether oxygens (including phenoxy) is 1. The maximum Gasteiger partial charge on any atom is 0.269 e. The minimum absolute atomic E-state index is 0.0216. The fraction of sp³-hybridized carbons (Fsp3) is 0.471. The van der Waals surface area contributed by atoms with E-state index < -0.39 is 0 Å². The lowest BCUT2D eigenvalue weighted by molar-refractivity contribution is 0.0725. The van der Waals surface area contributed by atoms with E-state index in [0.29, 0.717) is 11.6 Å². The Morgan fingerprint density at radius 3 is 2.82 bits per heavy atom. The summed E-state index contributed by atoms with van der Waals surface area (Å²) in [5.74, 6) is 0.621. The van der Waals surface area contributed by atoms with E-state index in [-0.39, 0.29) is 18.1 Å². The molecule has 2 heterocycles. The minimum atomic E-state index is -0.0216. The van der Waals surface area contributed by atoms with Gasteiger partial charge >= 0.3 is 0 Å². The number of hydrogen-bond acceptors (Lipinski definition) is 2. The van der Waals surface area contributed by atoms with Crippen molar-refractivity contribution in [2.24, 2.45) is 13.0 Å². The quantitative estimate of drug-likeness (QED) is 0.910. The topological polar surface area (TPSA) is 43.3 Å². The Kier molecular flexibility index (Phi) is 3.50. The molecule has 0 spiro atoms. The van der Waals surface area contributed by atoms with E-state index in [1.54, 1.807) is 0 Å². The molecule has 2 fully saturated rings. The third-order valence-electron chi connectivity index (χ3n) is 4.80. The lowest BCUT2D eigenvalue weighted by Crippen LogP contribution is -2.42. The van der Waals surface area contributed by atoms with Crippen molar-refractivity contribution in [3.63, 3.8) is 0 Å². The van der Waals surface area contributed by atoms with Gasteiger partial charge in [0.1, 0.15) is 5.69 Å². The summed E-state index contributed by atoms with van der Waals surface area (Å²) >= 11 is 3.60. The van der Waals surface area contributed by atoms with Crippen LogP contribution < -0.4 is 5.32 Å². The molecule has 1 aromatic heterocycles. The van der Waals surface area contributed by atoms with Gasteiger partial charge in [0, 0.05) is 24.6 Å². The smallest absolute Gasteiger partial charge is 0.269 e.